The van der Waals surface area contributed by atoms with Crippen LogP contribution in [0.4, 0.5) is 26.3 Å². The first-order valence-corrected chi connectivity index (χ1v) is 5.22. The monoisotopic (exact) mass is 244 g/mol. The molecule has 0 radical (unpaired) electrons. The highest BCUT2D eigenvalue weighted by molar-refractivity contribution is 7.82. The van der Waals surface area contributed by atoms with Crippen molar-refractivity contribution in [3.8, 4) is 0 Å². The summed E-state index contributed by atoms with van der Waals surface area (Å²) in [5.74, 6) is 0. The predicted molar refractivity (Wildman–Crippen MR) is 42.9 cm³/mol. The number of rotatable bonds is 2. The zero-order chi connectivity index (χ0) is 10.9. The van der Waals surface area contributed by atoms with Crippen molar-refractivity contribution in [2.24, 2.45) is 0 Å². The van der Waals surface area contributed by atoms with Crippen LogP contribution < -0.4 is 0 Å². The quantitative estimate of drug-likeness (QED) is 0.430. The van der Waals surface area contributed by atoms with Gasteiger partial charge in [-0.25, -0.2) is 0 Å². The molecule has 0 aliphatic carbocycles. The maximum Gasteiger partial charge on any atom is 0.412 e. The molecule has 0 saturated carbocycles. The second kappa shape index (κ2) is 3.85. The fourth-order valence-corrected chi connectivity index (χ4v) is 2.00. The topological polar surface area (TPSA) is 0 Å². The summed E-state index contributed by atoms with van der Waals surface area (Å²) >= 11 is 2.72. The van der Waals surface area contributed by atoms with Crippen LogP contribution in [0.15, 0.2) is 0 Å². The van der Waals surface area contributed by atoms with E-state index in [4.69, 9.17) is 0 Å². The summed E-state index contributed by atoms with van der Waals surface area (Å²) in [4.78, 5) is 0. The van der Waals surface area contributed by atoms with Gasteiger partial charge in [-0.15, -0.1) is 8.58 Å². The summed E-state index contributed by atoms with van der Waals surface area (Å²) in [6.07, 6.45) is -11.8. The van der Waals surface area contributed by atoms with Gasteiger partial charge in [-0.05, 0) is 12.8 Å². The molecule has 0 fully saturated rings. The van der Waals surface area contributed by atoms with Crippen LogP contribution in [0.3, 0.4) is 0 Å². The zero-order valence-electron chi connectivity index (χ0n) is 6.42. The van der Waals surface area contributed by atoms with Gasteiger partial charge in [0, 0.05) is 0 Å². The van der Waals surface area contributed by atoms with Gasteiger partial charge >= 0.3 is 12.4 Å². The van der Waals surface area contributed by atoms with E-state index in [0.29, 0.717) is 0 Å². The van der Waals surface area contributed by atoms with Crippen LogP contribution in [-0.2, 0) is 0 Å². The standard InChI is InChI=1S/C5H7F6PS/c1-12-2-3(13,4(6,7)8)5(9,10)11/h12-13H,2H2,1H3. The number of alkyl halides is 6. The lowest BCUT2D eigenvalue weighted by Crippen LogP contribution is -2.54. The second-order valence-electron chi connectivity index (χ2n) is 2.39. The fourth-order valence-electron chi connectivity index (χ4n) is 0.617. The van der Waals surface area contributed by atoms with E-state index < -0.39 is 31.8 Å². The molecule has 0 aromatic rings. The van der Waals surface area contributed by atoms with Crippen LogP contribution in [0.5, 0.6) is 0 Å². The highest BCUT2D eigenvalue weighted by Gasteiger charge is 2.68. The highest BCUT2D eigenvalue weighted by Crippen LogP contribution is 2.49. The normalized spacial score (nSPS) is 15.7. The molecule has 0 bridgehead atoms. The first kappa shape index (κ1) is 13.4. The van der Waals surface area contributed by atoms with Crippen molar-refractivity contribution in [1.82, 2.24) is 0 Å². The van der Waals surface area contributed by atoms with Crippen molar-refractivity contribution in [3.05, 3.63) is 0 Å². The third-order valence-electron chi connectivity index (χ3n) is 1.37. The van der Waals surface area contributed by atoms with Crippen molar-refractivity contribution in [1.29, 1.82) is 0 Å². The number of hydrogen-bond acceptors (Lipinski definition) is 1. The smallest absolute Gasteiger partial charge is 0.169 e. The molecule has 80 valence electrons. The van der Waals surface area contributed by atoms with Gasteiger partial charge in [-0.1, -0.05) is 0 Å². The molecule has 0 spiro atoms. The molecule has 13 heavy (non-hydrogen) atoms. The van der Waals surface area contributed by atoms with Gasteiger partial charge in [-0.2, -0.15) is 39.0 Å². The van der Waals surface area contributed by atoms with Crippen LogP contribution in [-0.4, -0.2) is 29.9 Å². The van der Waals surface area contributed by atoms with E-state index in [1.54, 1.807) is 0 Å². The molecule has 0 aliphatic rings. The van der Waals surface area contributed by atoms with E-state index in [2.05, 4.69) is 12.6 Å². The van der Waals surface area contributed by atoms with Gasteiger partial charge in [-0.3, -0.25) is 0 Å². The van der Waals surface area contributed by atoms with Crippen LogP contribution in [0.25, 0.3) is 0 Å². The van der Waals surface area contributed by atoms with Crippen molar-refractivity contribution >= 4 is 21.2 Å². The number of halogens is 6. The first-order valence-electron chi connectivity index (χ1n) is 3.06. The average molecular weight is 244 g/mol. The molecule has 0 saturated heterocycles. The predicted octanol–water partition coefficient (Wildman–Crippen LogP) is 3.09. The third-order valence-corrected chi connectivity index (χ3v) is 3.22. The van der Waals surface area contributed by atoms with Crippen molar-refractivity contribution in [2.45, 2.75) is 17.1 Å². The van der Waals surface area contributed by atoms with Crippen molar-refractivity contribution < 1.29 is 26.3 Å². The summed E-state index contributed by atoms with van der Waals surface area (Å²) in [7, 11) is -0.460. The number of thiol groups is 1. The Balaban J connectivity index is 4.96. The molecule has 0 N–H and O–H groups in total. The van der Waals surface area contributed by atoms with Gasteiger partial charge in [0.1, 0.15) is 0 Å². The Kier molecular flexibility index (Phi) is 3.95. The van der Waals surface area contributed by atoms with Crippen LogP contribution in [0.1, 0.15) is 0 Å². The Hall–Kier alpha value is 0.360. The van der Waals surface area contributed by atoms with Crippen molar-refractivity contribution in [2.75, 3.05) is 12.8 Å². The molecule has 0 aliphatic heterocycles. The van der Waals surface area contributed by atoms with E-state index in [9.17, 15) is 26.3 Å². The van der Waals surface area contributed by atoms with E-state index in [1.807, 2.05) is 0 Å². The summed E-state index contributed by atoms with van der Waals surface area (Å²) < 4.78 is 68.1. The Morgan fingerprint density at radius 2 is 1.31 bits per heavy atom. The molecular formula is C5H7F6PS. The van der Waals surface area contributed by atoms with E-state index in [0.717, 1.165) is 0 Å². The summed E-state index contributed by atoms with van der Waals surface area (Å²) in [6, 6.07) is 0. The van der Waals surface area contributed by atoms with E-state index in [1.165, 1.54) is 6.66 Å². The van der Waals surface area contributed by atoms with E-state index >= 15 is 0 Å². The Morgan fingerprint density at radius 3 is 1.38 bits per heavy atom. The maximum atomic E-state index is 12.0. The molecule has 0 heterocycles. The molecular weight excluding hydrogens is 237 g/mol. The Morgan fingerprint density at radius 1 is 1.00 bits per heavy atom. The summed E-state index contributed by atoms with van der Waals surface area (Å²) in [5, 5.41) is 0. The largest absolute Gasteiger partial charge is 0.412 e. The zero-order valence-corrected chi connectivity index (χ0v) is 8.32. The Labute approximate surface area is 78.3 Å². The lowest BCUT2D eigenvalue weighted by atomic mass is 10.1. The minimum atomic E-state index is -5.36. The van der Waals surface area contributed by atoms with Gasteiger partial charge in [0.15, 0.2) is 0 Å². The molecule has 8 heteroatoms. The van der Waals surface area contributed by atoms with Crippen LogP contribution >= 0.6 is 21.2 Å². The summed E-state index contributed by atoms with van der Waals surface area (Å²) in [6.45, 7) is 1.27. The molecule has 0 aromatic heterocycles. The van der Waals surface area contributed by atoms with Gasteiger partial charge in [0.2, 0.25) is 4.75 Å². The molecule has 1 unspecified atom stereocenters. The van der Waals surface area contributed by atoms with E-state index in [-0.39, 0.29) is 0 Å². The highest BCUT2D eigenvalue weighted by atomic mass is 32.1. The summed E-state index contributed by atoms with van der Waals surface area (Å²) in [5.41, 5.74) is 0. The third kappa shape index (κ3) is 2.65. The van der Waals surface area contributed by atoms with Crippen LogP contribution in [0.2, 0.25) is 0 Å². The van der Waals surface area contributed by atoms with Gasteiger partial charge in [0.05, 0.1) is 0 Å². The molecule has 0 aromatic carbocycles. The molecule has 0 rings (SSSR count). The van der Waals surface area contributed by atoms with Crippen molar-refractivity contribution in [3.63, 3.8) is 0 Å². The second-order valence-corrected chi connectivity index (χ2v) is 4.21. The molecule has 0 amide bonds. The fraction of sp³-hybridized carbons (Fsp3) is 1.00. The SMILES string of the molecule is CPCC(S)(C(F)(F)F)C(F)(F)F. The molecule has 1 atom stereocenters. The van der Waals surface area contributed by atoms with Crippen LogP contribution in [0, 0.1) is 0 Å². The minimum absolute atomic E-state index is 0.460. The van der Waals surface area contributed by atoms with Gasteiger partial charge in [0.25, 0.3) is 0 Å². The number of hydrogen-bond donors (Lipinski definition) is 1. The first-order chi connectivity index (χ1) is 5.56. The average Bonchev–Trinajstić information content (AvgIpc) is 1.82. The lowest BCUT2D eigenvalue weighted by Gasteiger charge is -2.32. The van der Waals surface area contributed by atoms with Gasteiger partial charge < -0.3 is 0 Å². The maximum absolute atomic E-state index is 12.0. The minimum Gasteiger partial charge on any atom is -0.169 e. The Bertz CT molecular complexity index is 159. The lowest BCUT2D eigenvalue weighted by molar-refractivity contribution is -0.257. The molecule has 0 nitrogen and oxygen atoms in total.